The molecule has 0 spiro atoms. The van der Waals surface area contributed by atoms with Gasteiger partial charge >= 0.3 is 0 Å². The van der Waals surface area contributed by atoms with E-state index < -0.39 is 0 Å². The Bertz CT molecular complexity index is 493. The fourth-order valence-corrected chi connectivity index (χ4v) is 1.28. The van der Waals surface area contributed by atoms with Crippen molar-refractivity contribution >= 4 is 29.1 Å². The second-order valence-corrected chi connectivity index (χ2v) is 3.12. The number of fused-ring (bicyclic) bond motifs is 1. The van der Waals surface area contributed by atoms with Gasteiger partial charge in [-0.1, -0.05) is 17.7 Å². The molecule has 1 amide bonds. The van der Waals surface area contributed by atoms with Crippen LogP contribution in [0, 0.1) is 0 Å². The number of hydrogen-bond donors (Lipinski definition) is 1. The Kier molecular flexibility index (Phi) is 2.09. The SMILES string of the molecule is CC(=O)Nc1nc2cccc(Cl)n2n1. The van der Waals surface area contributed by atoms with Crippen LogP contribution in [-0.4, -0.2) is 20.5 Å². The summed E-state index contributed by atoms with van der Waals surface area (Å²) < 4.78 is 1.45. The molecule has 0 radical (unpaired) electrons. The number of nitrogens with zero attached hydrogens (tertiary/aromatic N) is 3. The van der Waals surface area contributed by atoms with E-state index >= 15 is 0 Å². The van der Waals surface area contributed by atoms with E-state index in [1.807, 2.05) is 0 Å². The summed E-state index contributed by atoms with van der Waals surface area (Å²) in [7, 11) is 0. The number of hydrogen-bond acceptors (Lipinski definition) is 3. The molecule has 2 rings (SSSR count). The van der Waals surface area contributed by atoms with Crippen LogP contribution in [0.4, 0.5) is 5.95 Å². The maximum atomic E-state index is 10.7. The maximum absolute atomic E-state index is 10.7. The number of carbonyl (C=O) groups is 1. The molecule has 0 aromatic carbocycles. The highest BCUT2D eigenvalue weighted by Crippen LogP contribution is 2.12. The zero-order valence-corrected chi connectivity index (χ0v) is 8.12. The van der Waals surface area contributed by atoms with Gasteiger partial charge in [0, 0.05) is 6.92 Å². The number of amides is 1. The van der Waals surface area contributed by atoms with Crippen LogP contribution in [-0.2, 0) is 4.79 Å². The average Bonchev–Trinajstić information content (AvgIpc) is 2.47. The summed E-state index contributed by atoms with van der Waals surface area (Å²) in [6.45, 7) is 1.40. The van der Waals surface area contributed by atoms with Crippen molar-refractivity contribution in [3.05, 3.63) is 23.4 Å². The highest BCUT2D eigenvalue weighted by molar-refractivity contribution is 6.29. The lowest BCUT2D eigenvalue weighted by Crippen LogP contribution is -2.07. The van der Waals surface area contributed by atoms with Gasteiger partial charge in [0.25, 0.3) is 0 Å². The third kappa shape index (κ3) is 1.54. The van der Waals surface area contributed by atoms with Gasteiger partial charge in [-0.25, -0.2) is 4.52 Å². The quantitative estimate of drug-likeness (QED) is 0.723. The van der Waals surface area contributed by atoms with Crippen LogP contribution < -0.4 is 5.32 Å². The zero-order chi connectivity index (χ0) is 10.1. The summed E-state index contributed by atoms with van der Waals surface area (Å²) in [6, 6.07) is 5.22. The number of pyridine rings is 1. The first-order valence-corrected chi connectivity index (χ1v) is 4.33. The van der Waals surface area contributed by atoms with E-state index in [0.717, 1.165) is 0 Å². The summed E-state index contributed by atoms with van der Waals surface area (Å²) in [6.07, 6.45) is 0. The molecular formula is C8H7ClN4O. The largest absolute Gasteiger partial charge is 0.293 e. The Labute approximate surface area is 84.7 Å². The van der Waals surface area contributed by atoms with Crippen LogP contribution in [0.25, 0.3) is 5.65 Å². The van der Waals surface area contributed by atoms with Crippen LogP contribution in [0.1, 0.15) is 6.92 Å². The molecule has 2 aromatic heterocycles. The number of halogens is 1. The Morgan fingerprint density at radius 2 is 2.36 bits per heavy atom. The van der Waals surface area contributed by atoms with E-state index in [9.17, 15) is 4.79 Å². The second-order valence-electron chi connectivity index (χ2n) is 2.74. The number of nitrogens with one attached hydrogen (secondary N) is 1. The molecule has 14 heavy (non-hydrogen) atoms. The number of carbonyl (C=O) groups excluding carboxylic acids is 1. The predicted octanol–water partition coefficient (Wildman–Crippen LogP) is 1.34. The molecule has 0 saturated heterocycles. The van der Waals surface area contributed by atoms with Crippen molar-refractivity contribution in [3.8, 4) is 0 Å². The predicted molar refractivity (Wildman–Crippen MR) is 52.3 cm³/mol. The lowest BCUT2D eigenvalue weighted by Gasteiger charge is -1.92. The molecular weight excluding hydrogens is 204 g/mol. The number of anilines is 1. The Morgan fingerprint density at radius 3 is 3.00 bits per heavy atom. The average molecular weight is 211 g/mol. The van der Waals surface area contributed by atoms with E-state index in [2.05, 4.69) is 15.4 Å². The Balaban J connectivity index is 2.51. The minimum absolute atomic E-state index is 0.211. The van der Waals surface area contributed by atoms with Crippen molar-refractivity contribution in [1.82, 2.24) is 14.6 Å². The minimum Gasteiger partial charge on any atom is -0.293 e. The van der Waals surface area contributed by atoms with Gasteiger partial charge in [-0.05, 0) is 12.1 Å². The van der Waals surface area contributed by atoms with Crippen LogP contribution >= 0.6 is 11.6 Å². The molecule has 0 saturated carbocycles. The molecule has 1 N–H and O–H groups in total. The monoisotopic (exact) mass is 210 g/mol. The molecule has 0 aliphatic carbocycles. The van der Waals surface area contributed by atoms with Gasteiger partial charge in [-0.3, -0.25) is 10.1 Å². The third-order valence-corrected chi connectivity index (χ3v) is 1.89. The first kappa shape index (κ1) is 8.96. The topological polar surface area (TPSA) is 59.3 Å². The standard InChI is InChI=1S/C8H7ClN4O/c1-5(14)10-8-11-7-4-2-3-6(9)13(7)12-8/h2-4H,1H3,(H,10,12,14). The summed E-state index contributed by atoms with van der Waals surface area (Å²) in [4.78, 5) is 14.8. The van der Waals surface area contributed by atoms with Crippen molar-refractivity contribution in [1.29, 1.82) is 0 Å². The van der Waals surface area contributed by atoms with Crippen molar-refractivity contribution in [2.45, 2.75) is 6.92 Å². The smallest absolute Gasteiger partial charge is 0.249 e. The molecule has 72 valence electrons. The summed E-state index contributed by atoms with van der Waals surface area (Å²) in [5, 5.41) is 6.93. The van der Waals surface area contributed by atoms with E-state index in [0.29, 0.717) is 10.8 Å². The highest BCUT2D eigenvalue weighted by Gasteiger charge is 2.05. The molecule has 6 heteroatoms. The van der Waals surface area contributed by atoms with Gasteiger partial charge < -0.3 is 0 Å². The fourth-order valence-electron chi connectivity index (χ4n) is 1.08. The molecule has 0 aliphatic heterocycles. The van der Waals surface area contributed by atoms with Gasteiger partial charge in [0.05, 0.1) is 0 Å². The van der Waals surface area contributed by atoms with Crippen molar-refractivity contribution in [2.75, 3.05) is 5.32 Å². The van der Waals surface area contributed by atoms with E-state index in [1.165, 1.54) is 11.4 Å². The lowest BCUT2D eigenvalue weighted by molar-refractivity contribution is -0.114. The van der Waals surface area contributed by atoms with Crippen LogP contribution in [0.2, 0.25) is 5.15 Å². The molecule has 0 bridgehead atoms. The van der Waals surface area contributed by atoms with E-state index in [1.54, 1.807) is 18.2 Å². The molecule has 0 atom stereocenters. The van der Waals surface area contributed by atoms with Crippen molar-refractivity contribution in [3.63, 3.8) is 0 Å². The summed E-state index contributed by atoms with van der Waals surface area (Å²) in [5.41, 5.74) is 0.598. The van der Waals surface area contributed by atoms with E-state index in [-0.39, 0.29) is 11.9 Å². The van der Waals surface area contributed by atoms with Gasteiger partial charge in [0.1, 0.15) is 5.15 Å². The minimum atomic E-state index is -0.211. The lowest BCUT2D eigenvalue weighted by atomic mass is 10.5. The van der Waals surface area contributed by atoms with E-state index in [4.69, 9.17) is 11.6 Å². The van der Waals surface area contributed by atoms with Crippen molar-refractivity contribution in [2.24, 2.45) is 0 Å². The molecule has 5 nitrogen and oxygen atoms in total. The van der Waals surface area contributed by atoms with Gasteiger partial charge in [-0.15, -0.1) is 5.10 Å². The molecule has 2 aromatic rings. The molecule has 2 heterocycles. The van der Waals surface area contributed by atoms with Gasteiger partial charge in [0.2, 0.25) is 11.9 Å². The van der Waals surface area contributed by atoms with Crippen LogP contribution in [0.15, 0.2) is 18.2 Å². The summed E-state index contributed by atoms with van der Waals surface area (Å²) >= 11 is 5.85. The van der Waals surface area contributed by atoms with Crippen LogP contribution in [0.5, 0.6) is 0 Å². The summed E-state index contributed by atoms with van der Waals surface area (Å²) in [5.74, 6) is 0.0441. The fraction of sp³-hybridized carbons (Fsp3) is 0.125. The number of aromatic nitrogens is 3. The molecule has 0 aliphatic rings. The van der Waals surface area contributed by atoms with Crippen molar-refractivity contribution < 1.29 is 4.79 Å². The molecule has 0 unspecified atom stereocenters. The van der Waals surface area contributed by atoms with Gasteiger partial charge in [0.15, 0.2) is 5.65 Å². The first-order valence-electron chi connectivity index (χ1n) is 3.96. The van der Waals surface area contributed by atoms with Gasteiger partial charge in [-0.2, -0.15) is 4.98 Å². The Morgan fingerprint density at radius 1 is 1.57 bits per heavy atom. The highest BCUT2D eigenvalue weighted by atomic mass is 35.5. The second kappa shape index (κ2) is 3.26. The molecule has 0 fully saturated rings. The first-order chi connectivity index (χ1) is 6.66. The maximum Gasteiger partial charge on any atom is 0.249 e. The third-order valence-electron chi connectivity index (χ3n) is 1.60. The number of rotatable bonds is 1. The Hall–Kier alpha value is -1.62. The normalized spacial score (nSPS) is 10.4. The van der Waals surface area contributed by atoms with Crippen LogP contribution in [0.3, 0.4) is 0 Å². The zero-order valence-electron chi connectivity index (χ0n) is 7.36.